The third-order valence-electron chi connectivity index (χ3n) is 2.18. The quantitative estimate of drug-likeness (QED) is 0.779. The van der Waals surface area contributed by atoms with E-state index in [-0.39, 0.29) is 11.3 Å². The smallest absolute Gasteiger partial charge is 0.220 e. The van der Waals surface area contributed by atoms with E-state index in [4.69, 9.17) is 10.5 Å². The molecule has 1 aromatic heterocycles. The molecule has 0 atom stereocenters. The van der Waals surface area contributed by atoms with Gasteiger partial charge in [-0.2, -0.15) is 0 Å². The van der Waals surface area contributed by atoms with Crippen molar-refractivity contribution >= 4 is 11.6 Å². The zero-order valence-corrected chi connectivity index (χ0v) is 11.2. The summed E-state index contributed by atoms with van der Waals surface area (Å²) in [7, 11) is 0. The highest BCUT2D eigenvalue weighted by atomic mass is 16.5. The molecule has 0 unspecified atom stereocenters. The third-order valence-corrected chi connectivity index (χ3v) is 2.18. The number of aromatic nitrogens is 1. The summed E-state index contributed by atoms with van der Waals surface area (Å²) in [5.74, 6) is 0.629. The van der Waals surface area contributed by atoms with Gasteiger partial charge < -0.3 is 15.8 Å². The largest absolute Gasteiger partial charge is 0.489 e. The predicted octanol–water partition coefficient (Wildman–Crippen LogP) is 1.59. The van der Waals surface area contributed by atoms with Gasteiger partial charge in [0, 0.05) is 18.7 Å². The van der Waals surface area contributed by atoms with Crippen molar-refractivity contribution in [1.82, 2.24) is 10.3 Å². The normalized spacial score (nSPS) is 11.1. The number of nitrogen functional groups attached to an aromatic ring is 1. The van der Waals surface area contributed by atoms with E-state index in [1.54, 1.807) is 12.3 Å². The summed E-state index contributed by atoms with van der Waals surface area (Å²) in [6, 6.07) is 1.70. The molecule has 0 fully saturated rings. The zero-order valence-electron chi connectivity index (χ0n) is 11.2. The fraction of sp³-hybridized carbons (Fsp3) is 0.538. The number of hydrogen-bond acceptors (Lipinski definition) is 4. The first-order valence-electron chi connectivity index (χ1n) is 5.97. The molecule has 1 aromatic rings. The molecule has 100 valence electrons. The lowest BCUT2D eigenvalue weighted by Crippen LogP contribution is -2.31. The molecule has 0 aliphatic heterocycles. The van der Waals surface area contributed by atoms with Crippen molar-refractivity contribution in [3.8, 4) is 5.75 Å². The summed E-state index contributed by atoms with van der Waals surface area (Å²) >= 11 is 0. The topological polar surface area (TPSA) is 77.2 Å². The van der Waals surface area contributed by atoms with Crippen molar-refractivity contribution in [3.63, 3.8) is 0 Å². The standard InChI is InChI=1S/C13H21N3O2/c1-13(2,3)8-12(17)16-6-7-18-11-4-5-15-9-10(11)14/h4-5,9H,6-8,14H2,1-3H3,(H,16,17). The first-order valence-corrected chi connectivity index (χ1v) is 5.97. The van der Waals surface area contributed by atoms with E-state index >= 15 is 0 Å². The number of carbonyl (C=O) groups excluding carboxylic acids is 1. The maximum atomic E-state index is 11.5. The molecule has 1 amide bonds. The van der Waals surface area contributed by atoms with Crippen molar-refractivity contribution in [1.29, 1.82) is 0 Å². The second-order valence-electron chi connectivity index (χ2n) is 5.35. The van der Waals surface area contributed by atoms with Crippen LogP contribution in [0.3, 0.4) is 0 Å². The number of carbonyl (C=O) groups is 1. The van der Waals surface area contributed by atoms with Gasteiger partial charge in [0.2, 0.25) is 5.91 Å². The average Bonchev–Trinajstić information content (AvgIpc) is 2.24. The predicted molar refractivity (Wildman–Crippen MR) is 71.2 cm³/mol. The van der Waals surface area contributed by atoms with Gasteiger partial charge in [-0.1, -0.05) is 20.8 Å². The Labute approximate surface area is 108 Å². The fourth-order valence-electron chi connectivity index (χ4n) is 1.42. The lowest BCUT2D eigenvalue weighted by molar-refractivity contribution is -0.122. The second kappa shape index (κ2) is 6.23. The minimum absolute atomic E-state index is 0.000464. The average molecular weight is 251 g/mol. The minimum Gasteiger partial charge on any atom is -0.489 e. The van der Waals surface area contributed by atoms with Gasteiger partial charge in [-0.05, 0) is 5.41 Å². The Balaban J connectivity index is 2.23. The maximum Gasteiger partial charge on any atom is 0.220 e. The summed E-state index contributed by atoms with van der Waals surface area (Å²) in [5, 5.41) is 2.81. The molecule has 1 heterocycles. The summed E-state index contributed by atoms with van der Waals surface area (Å²) in [6.45, 7) is 6.95. The van der Waals surface area contributed by atoms with Crippen LogP contribution in [-0.2, 0) is 4.79 Å². The Bertz CT molecular complexity index is 399. The summed E-state index contributed by atoms with van der Waals surface area (Å²) in [6.07, 6.45) is 3.65. The van der Waals surface area contributed by atoms with E-state index in [1.165, 1.54) is 6.20 Å². The van der Waals surface area contributed by atoms with Crippen LogP contribution in [0.1, 0.15) is 27.2 Å². The highest BCUT2D eigenvalue weighted by molar-refractivity contribution is 5.76. The lowest BCUT2D eigenvalue weighted by atomic mass is 9.92. The highest BCUT2D eigenvalue weighted by Crippen LogP contribution is 2.18. The van der Waals surface area contributed by atoms with Crippen LogP contribution in [0.2, 0.25) is 0 Å². The van der Waals surface area contributed by atoms with Crippen LogP contribution in [0.25, 0.3) is 0 Å². The van der Waals surface area contributed by atoms with Crippen LogP contribution in [0.4, 0.5) is 5.69 Å². The SMILES string of the molecule is CC(C)(C)CC(=O)NCCOc1ccncc1N. The van der Waals surface area contributed by atoms with Gasteiger partial charge >= 0.3 is 0 Å². The number of rotatable bonds is 5. The molecule has 0 bridgehead atoms. The number of hydrogen-bond donors (Lipinski definition) is 2. The second-order valence-corrected chi connectivity index (χ2v) is 5.35. The van der Waals surface area contributed by atoms with Crippen molar-refractivity contribution in [3.05, 3.63) is 18.5 Å². The first-order chi connectivity index (χ1) is 8.38. The van der Waals surface area contributed by atoms with Gasteiger partial charge in [-0.3, -0.25) is 9.78 Å². The zero-order chi connectivity index (χ0) is 13.6. The molecule has 3 N–H and O–H groups in total. The number of pyridine rings is 1. The summed E-state index contributed by atoms with van der Waals surface area (Å²) in [5.41, 5.74) is 6.17. The van der Waals surface area contributed by atoms with Gasteiger partial charge in [-0.25, -0.2) is 0 Å². The Morgan fingerprint density at radius 1 is 1.50 bits per heavy atom. The monoisotopic (exact) mass is 251 g/mol. The van der Waals surface area contributed by atoms with Crippen molar-refractivity contribution in [2.75, 3.05) is 18.9 Å². The Morgan fingerprint density at radius 2 is 2.22 bits per heavy atom. The van der Waals surface area contributed by atoms with Gasteiger partial charge in [0.1, 0.15) is 12.4 Å². The number of nitrogens with one attached hydrogen (secondary N) is 1. The molecule has 5 heteroatoms. The van der Waals surface area contributed by atoms with E-state index in [9.17, 15) is 4.79 Å². The van der Waals surface area contributed by atoms with E-state index in [0.29, 0.717) is 31.0 Å². The highest BCUT2D eigenvalue weighted by Gasteiger charge is 2.15. The fourth-order valence-corrected chi connectivity index (χ4v) is 1.42. The van der Waals surface area contributed by atoms with Crippen LogP contribution in [0, 0.1) is 5.41 Å². The van der Waals surface area contributed by atoms with E-state index < -0.39 is 0 Å². The van der Waals surface area contributed by atoms with Gasteiger partial charge in [0.15, 0.2) is 0 Å². The van der Waals surface area contributed by atoms with Crippen LogP contribution >= 0.6 is 0 Å². The van der Waals surface area contributed by atoms with Crippen molar-refractivity contribution < 1.29 is 9.53 Å². The minimum atomic E-state index is 0.000464. The van der Waals surface area contributed by atoms with Crippen molar-refractivity contribution in [2.24, 2.45) is 5.41 Å². The van der Waals surface area contributed by atoms with Gasteiger partial charge in [0.05, 0.1) is 18.4 Å². The van der Waals surface area contributed by atoms with E-state index in [1.807, 2.05) is 20.8 Å². The van der Waals surface area contributed by atoms with Crippen LogP contribution in [-0.4, -0.2) is 24.0 Å². The Hall–Kier alpha value is -1.78. The van der Waals surface area contributed by atoms with Crippen molar-refractivity contribution in [2.45, 2.75) is 27.2 Å². The molecule has 0 saturated carbocycles. The molecule has 0 radical (unpaired) electrons. The number of nitrogens with zero attached hydrogens (tertiary/aromatic N) is 1. The Kier molecular flexibility index (Phi) is 4.95. The maximum absolute atomic E-state index is 11.5. The Morgan fingerprint density at radius 3 is 2.83 bits per heavy atom. The molecule has 0 aliphatic rings. The lowest BCUT2D eigenvalue weighted by Gasteiger charge is -2.17. The summed E-state index contributed by atoms with van der Waals surface area (Å²) < 4.78 is 5.44. The summed E-state index contributed by atoms with van der Waals surface area (Å²) in [4.78, 5) is 15.4. The molecule has 5 nitrogen and oxygen atoms in total. The molecular formula is C13H21N3O2. The van der Waals surface area contributed by atoms with Gasteiger partial charge in [0.25, 0.3) is 0 Å². The molecule has 18 heavy (non-hydrogen) atoms. The molecule has 0 aromatic carbocycles. The van der Waals surface area contributed by atoms with Crippen LogP contribution in [0.15, 0.2) is 18.5 Å². The van der Waals surface area contributed by atoms with Gasteiger partial charge in [-0.15, -0.1) is 0 Å². The van der Waals surface area contributed by atoms with E-state index in [0.717, 1.165) is 0 Å². The molecule has 0 aliphatic carbocycles. The van der Waals surface area contributed by atoms with Crippen LogP contribution in [0.5, 0.6) is 5.75 Å². The van der Waals surface area contributed by atoms with E-state index in [2.05, 4.69) is 10.3 Å². The number of ether oxygens (including phenoxy) is 1. The molecule has 0 spiro atoms. The van der Waals surface area contributed by atoms with Crippen LogP contribution < -0.4 is 15.8 Å². The number of amides is 1. The molecular weight excluding hydrogens is 230 g/mol. The third kappa shape index (κ3) is 5.52. The number of anilines is 1. The number of nitrogens with two attached hydrogens (primary N) is 1. The molecule has 1 rings (SSSR count). The first kappa shape index (κ1) is 14.3. The molecule has 0 saturated heterocycles.